The maximum Gasteiger partial charge on any atom is 0.234 e. The third kappa shape index (κ3) is 4.01. The number of benzene rings is 2. The van der Waals surface area contributed by atoms with Crippen LogP contribution < -0.4 is 5.32 Å². The second-order valence-corrected chi connectivity index (χ2v) is 9.36. The van der Waals surface area contributed by atoms with E-state index in [4.69, 9.17) is 5.10 Å². The lowest BCUT2D eigenvalue weighted by atomic mass is 10.0. The fourth-order valence-corrected chi connectivity index (χ4v) is 4.64. The molecule has 0 saturated carbocycles. The molecule has 0 fully saturated rings. The van der Waals surface area contributed by atoms with Crippen LogP contribution in [0.15, 0.2) is 70.6 Å². The van der Waals surface area contributed by atoms with E-state index in [1.54, 1.807) is 0 Å². The molecule has 0 unspecified atom stereocenters. The quantitative estimate of drug-likeness (QED) is 0.333. The highest BCUT2D eigenvalue weighted by Crippen LogP contribution is 2.27. The Balaban J connectivity index is 1.40. The molecule has 2 aromatic carbocycles. The third-order valence-corrected chi connectivity index (χ3v) is 6.53. The van der Waals surface area contributed by atoms with Gasteiger partial charge in [-0.1, -0.05) is 51.5 Å². The zero-order chi connectivity index (χ0) is 22.2. The average molecular weight is 507 g/mol. The van der Waals surface area contributed by atoms with Crippen LogP contribution in [-0.2, 0) is 4.79 Å². The van der Waals surface area contributed by atoms with Gasteiger partial charge in [-0.2, -0.15) is 5.10 Å². The van der Waals surface area contributed by atoms with Gasteiger partial charge in [0.25, 0.3) is 0 Å². The molecule has 5 aromatic rings. The molecule has 0 bridgehead atoms. The fraction of sp³-hybridized carbons (Fsp3) is 0.130. The molecule has 1 N–H and O–H groups in total. The van der Waals surface area contributed by atoms with E-state index in [9.17, 15) is 4.79 Å². The molecular formula is C23H19BrN6OS. The smallest absolute Gasteiger partial charge is 0.234 e. The number of fused-ring (bicyclic) bond motifs is 3. The van der Waals surface area contributed by atoms with Crippen molar-refractivity contribution < 1.29 is 4.79 Å². The Morgan fingerprint density at radius 2 is 1.97 bits per heavy atom. The molecule has 9 heteroatoms. The van der Waals surface area contributed by atoms with Gasteiger partial charge in [0, 0.05) is 28.1 Å². The summed E-state index contributed by atoms with van der Waals surface area (Å²) in [7, 11) is 0. The molecule has 0 saturated heterocycles. The van der Waals surface area contributed by atoms with Gasteiger partial charge in [-0.25, -0.2) is 4.52 Å². The predicted molar refractivity (Wildman–Crippen MR) is 130 cm³/mol. The number of nitrogens with one attached hydrogen (secondary N) is 1. The highest BCUT2D eigenvalue weighted by atomic mass is 79.9. The van der Waals surface area contributed by atoms with Gasteiger partial charge in [0.05, 0.1) is 11.4 Å². The van der Waals surface area contributed by atoms with E-state index in [0.29, 0.717) is 10.8 Å². The SMILES string of the molecule is Cc1ccc(C)c(-c2cc3c4nnc(SCC(=O)Nc5cccc(Br)c5)n4ccn3n2)c1. The van der Waals surface area contributed by atoms with E-state index in [1.807, 2.05) is 51.6 Å². The molecule has 0 radical (unpaired) electrons. The first kappa shape index (κ1) is 20.7. The summed E-state index contributed by atoms with van der Waals surface area (Å²) in [5, 5.41) is 16.9. The monoisotopic (exact) mass is 506 g/mol. The van der Waals surface area contributed by atoms with Gasteiger partial charge in [-0.3, -0.25) is 9.20 Å². The van der Waals surface area contributed by atoms with Crippen LogP contribution in [0.2, 0.25) is 0 Å². The Morgan fingerprint density at radius 1 is 1.09 bits per heavy atom. The number of hydrogen-bond acceptors (Lipinski definition) is 5. The molecule has 5 rings (SSSR count). The summed E-state index contributed by atoms with van der Waals surface area (Å²) >= 11 is 4.75. The largest absolute Gasteiger partial charge is 0.325 e. The molecule has 0 spiro atoms. The molecular weight excluding hydrogens is 488 g/mol. The Morgan fingerprint density at radius 3 is 2.81 bits per heavy atom. The van der Waals surface area contributed by atoms with Crippen molar-refractivity contribution in [3.63, 3.8) is 0 Å². The molecule has 7 nitrogen and oxygen atoms in total. The average Bonchev–Trinajstić information content (AvgIpc) is 3.37. The summed E-state index contributed by atoms with van der Waals surface area (Å²) < 4.78 is 4.62. The Bertz CT molecular complexity index is 1470. The number of thioether (sulfide) groups is 1. The van der Waals surface area contributed by atoms with Crippen molar-refractivity contribution in [2.75, 3.05) is 11.1 Å². The second kappa shape index (κ2) is 8.40. The van der Waals surface area contributed by atoms with Crippen molar-refractivity contribution in [2.45, 2.75) is 19.0 Å². The standard InChI is InChI=1S/C23H19BrN6OS/c1-14-6-7-15(2)18(10-14)19-12-20-22-26-27-23(29(22)8-9-30(20)28-19)32-13-21(31)25-17-5-3-4-16(24)11-17/h3-12H,13H2,1-2H3,(H,25,31). The van der Waals surface area contributed by atoms with Crippen molar-refractivity contribution in [3.8, 4) is 11.3 Å². The van der Waals surface area contributed by atoms with Gasteiger partial charge in [0.15, 0.2) is 10.8 Å². The van der Waals surface area contributed by atoms with Crippen molar-refractivity contribution in [2.24, 2.45) is 0 Å². The van der Waals surface area contributed by atoms with Crippen molar-refractivity contribution >= 4 is 50.5 Å². The summed E-state index contributed by atoms with van der Waals surface area (Å²) in [5.74, 6) is 0.123. The van der Waals surface area contributed by atoms with Gasteiger partial charge in [-0.15, -0.1) is 10.2 Å². The number of nitrogens with zero attached hydrogens (tertiary/aromatic N) is 5. The van der Waals surface area contributed by atoms with Gasteiger partial charge >= 0.3 is 0 Å². The molecule has 0 aliphatic rings. The minimum Gasteiger partial charge on any atom is -0.325 e. The second-order valence-electron chi connectivity index (χ2n) is 7.50. The van der Waals surface area contributed by atoms with E-state index >= 15 is 0 Å². The number of carbonyl (C=O) groups is 1. The zero-order valence-electron chi connectivity index (χ0n) is 17.4. The summed E-state index contributed by atoms with van der Waals surface area (Å²) in [4.78, 5) is 12.4. The summed E-state index contributed by atoms with van der Waals surface area (Å²) in [6.07, 6.45) is 3.75. The number of amides is 1. The molecule has 0 aliphatic heterocycles. The summed E-state index contributed by atoms with van der Waals surface area (Å²) in [6.45, 7) is 4.16. The number of aryl methyl sites for hydroxylation is 2. The van der Waals surface area contributed by atoms with Crippen LogP contribution in [0.25, 0.3) is 22.4 Å². The molecule has 3 heterocycles. The number of aromatic nitrogens is 5. The van der Waals surface area contributed by atoms with Crippen LogP contribution >= 0.6 is 27.7 Å². The molecule has 0 aliphatic carbocycles. The Kier molecular flexibility index (Phi) is 5.44. The molecule has 3 aromatic heterocycles. The maximum absolute atomic E-state index is 12.4. The van der Waals surface area contributed by atoms with E-state index in [-0.39, 0.29) is 11.7 Å². The summed E-state index contributed by atoms with van der Waals surface area (Å²) in [6, 6.07) is 15.9. The first-order valence-corrected chi connectivity index (χ1v) is 11.7. The lowest BCUT2D eigenvalue weighted by molar-refractivity contribution is -0.113. The Hall–Kier alpha value is -3.17. The van der Waals surface area contributed by atoms with E-state index in [0.717, 1.165) is 26.9 Å². The number of hydrogen-bond donors (Lipinski definition) is 1. The molecule has 32 heavy (non-hydrogen) atoms. The van der Waals surface area contributed by atoms with E-state index in [1.165, 1.54) is 22.9 Å². The number of anilines is 1. The molecule has 1 amide bonds. The Labute approximate surface area is 197 Å². The molecule has 160 valence electrons. The van der Waals surface area contributed by atoms with Crippen LogP contribution in [0.3, 0.4) is 0 Å². The highest BCUT2D eigenvalue weighted by molar-refractivity contribution is 9.10. The summed E-state index contributed by atoms with van der Waals surface area (Å²) in [5.41, 5.74) is 6.67. The van der Waals surface area contributed by atoms with Gasteiger partial charge in [0.1, 0.15) is 5.52 Å². The zero-order valence-corrected chi connectivity index (χ0v) is 19.8. The number of rotatable bonds is 5. The van der Waals surface area contributed by atoms with E-state index < -0.39 is 0 Å². The van der Waals surface area contributed by atoms with Crippen molar-refractivity contribution in [3.05, 3.63) is 76.5 Å². The predicted octanol–water partition coefficient (Wildman–Crippen LogP) is 5.15. The lowest BCUT2D eigenvalue weighted by Gasteiger charge is -2.05. The number of carbonyl (C=O) groups excluding carboxylic acids is 1. The van der Waals surface area contributed by atoms with Crippen LogP contribution in [0.1, 0.15) is 11.1 Å². The minimum absolute atomic E-state index is 0.104. The normalized spacial score (nSPS) is 11.3. The number of halogens is 1. The highest BCUT2D eigenvalue weighted by Gasteiger charge is 2.15. The lowest BCUT2D eigenvalue weighted by Crippen LogP contribution is -2.14. The third-order valence-electron chi connectivity index (χ3n) is 5.10. The van der Waals surface area contributed by atoms with Crippen molar-refractivity contribution in [1.82, 2.24) is 24.2 Å². The topological polar surface area (TPSA) is 76.6 Å². The van der Waals surface area contributed by atoms with Gasteiger partial charge in [0.2, 0.25) is 5.91 Å². The van der Waals surface area contributed by atoms with E-state index in [2.05, 4.69) is 63.5 Å². The van der Waals surface area contributed by atoms with Gasteiger partial charge in [-0.05, 0) is 49.7 Å². The molecule has 0 atom stereocenters. The first-order chi connectivity index (χ1) is 15.5. The van der Waals surface area contributed by atoms with Gasteiger partial charge < -0.3 is 5.32 Å². The van der Waals surface area contributed by atoms with Crippen LogP contribution in [0.5, 0.6) is 0 Å². The van der Waals surface area contributed by atoms with Crippen LogP contribution in [0, 0.1) is 13.8 Å². The van der Waals surface area contributed by atoms with Crippen LogP contribution in [0.4, 0.5) is 5.69 Å². The maximum atomic E-state index is 12.4. The fourth-order valence-electron chi connectivity index (χ4n) is 3.53. The van der Waals surface area contributed by atoms with Crippen LogP contribution in [-0.4, -0.2) is 35.9 Å². The minimum atomic E-state index is -0.104. The van der Waals surface area contributed by atoms with Crippen molar-refractivity contribution in [1.29, 1.82) is 0 Å². The first-order valence-electron chi connectivity index (χ1n) is 9.97.